The second-order valence-electron chi connectivity index (χ2n) is 6.96. The molecule has 9 heteroatoms. The molecule has 1 saturated heterocycles. The molecule has 9 nitrogen and oxygen atoms in total. The molecule has 0 radical (unpaired) electrons. The zero-order chi connectivity index (χ0) is 21.1. The van der Waals surface area contributed by atoms with Crippen LogP contribution in [0.25, 0.3) is 5.69 Å². The highest BCUT2D eigenvalue weighted by Gasteiger charge is 2.31. The van der Waals surface area contributed by atoms with Gasteiger partial charge in [0.15, 0.2) is 0 Å². The smallest absolute Gasteiger partial charge is 0.295 e. The Balaban J connectivity index is 1.61. The molecule has 1 amide bonds. The monoisotopic (exact) mass is 407 g/mol. The molecule has 2 aromatic carbocycles. The molecule has 1 aliphatic heterocycles. The molecule has 2 heterocycles. The average Bonchev–Trinajstić information content (AvgIpc) is 3.46. The number of hydrogen-bond donors (Lipinski definition) is 0. The van der Waals surface area contributed by atoms with Crippen LogP contribution in [0.2, 0.25) is 0 Å². The van der Waals surface area contributed by atoms with Gasteiger partial charge in [0.1, 0.15) is 24.1 Å². The van der Waals surface area contributed by atoms with Gasteiger partial charge in [0.05, 0.1) is 17.6 Å². The summed E-state index contributed by atoms with van der Waals surface area (Å²) in [5, 5.41) is 15.5. The Bertz CT molecular complexity index is 1050. The number of rotatable bonds is 6. The van der Waals surface area contributed by atoms with E-state index in [0.29, 0.717) is 13.2 Å². The van der Waals surface area contributed by atoms with Crippen LogP contribution in [0.3, 0.4) is 0 Å². The van der Waals surface area contributed by atoms with Gasteiger partial charge in [0, 0.05) is 18.2 Å². The molecule has 1 aliphatic rings. The minimum absolute atomic E-state index is 0.0674. The van der Waals surface area contributed by atoms with Gasteiger partial charge in [-0.15, -0.1) is 0 Å². The lowest BCUT2D eigenvalue weighted by Gasteiger charge is -2.25. The van der Waals surface area contributed by atoms with E-state index in [-0.39, 0.29) is 28.9 Å². The molecule has 4 rings (SSSR count). The number of benzene rings is 2. The van der Waals surface area contributed by atoms with Crippen LogP contribution in [0.1, 0.15) is 41.7 Å². The van der Waals surface area contributed by atoms with E-state index in [1.807, 2.05) is 31.2 Å². The second-order valence-corrected chi connectivity index (χ2v) is 6.96. The lowest BCUT2D eigenvalue weighted by atomic mass is 10.0. The number of ether oxygens (including phenoxy) is 1. The van der Waals surface area contributed by atoms with Crippen molar-refractivity contribution in [2.75, 3.05) is 13.2 Å². The summed E-state index contributed by atoms with van der Waals surface area (Å²) in [7, 11) is 0. The van der Waals surface area contributed by atoms with Gasteiger partial charge in [-0.3, -0.25) is 14.9 Å². The first-order valence-electron chi connectivity index (χ1n) is 9.75. The predicted octanol–water partition coefficient (Wildman–Crippen LogP) is 3.55. The maximum atomic E-state index is 13.2. The molecule has 3 aromatic rings. The first-order chi connectivity index (χ1) is 14.6. The summed E-state index contributed by atoms with van der Waals surface area (Å²) in [6, 6.07) is 12.1. The standard InChI is InChI=1S/C21H21N5O4/c1-2-30-17-8-5-15(6-9-17)18-4-3-11-24(18)21(27)16-7-10-19(20(12-16)26(28)29)25-14-22-13-23-25/h5-10,12-14,18H,2-4,11H2,1H3. The van der Waals surface area contributed by atoms with Crippen LogP contribution < -0.4 is 4.74 Å². The van der Waals surface area contributed by atoms with Gasteiger partial charge in [-0.25, -0.2) is 9.67 Å². The lowest BCUT2D eigenvalue weighted by molar-refractivity contribution is -0.384. The Kier molecular flexibility index (Phi) is 5.42. The van der Waals surface area contributed by atoms with Crippen LogP contribution in [-0.2, 0) is 0 Å². The maximum absolute atomic E-state index is 13.2. The summed E-state index contributed by atoms with van der Waals surface area (Å²) in [6.45, 7) is 3.13. The quantitative estimate of drug-likeness (QED) is 0.457. The zero-order valence-electron chi connectivity index (χ0n) is 16.5. The van der Waals surface area contributed by atoms with Gasteiger partial charge < -0.3 is 9.64 Å². The van der Waals surface area contributed by atoms with Crippen LogP contribution in [0.15, 0.2) is 55.1 Å². The number of nitro groups is 1. The number of likely N-dealkylation sites (tertiary alicyclic amines) is 1. The van der Waals surface area contributed by atoms with Crippen molar-refractivity contribution in [3.05, 3.63) is 76.4 Å². The number of carbonyl (C=O) groups excluding carboxylic acids is 1. The highest BCUT2D eigenvalue weighted by Crippen LogP contribution is 2.35. The van der Waals surface area contributed by atoms with Gasteiger partial charge in [-0.2, -0.15) is 5.10 Å². The summed E-state index contributed by atoms with van der Waals surface area (Å²) in [5.41, 5.74) is 1.38. The third kappa shape index (κ3) is 3.73. The number of nitro benzene ring substituents is 1. The molecular formula is C21H21N5O4. The van der Waals surface area contributed by atoms with Crippen molar-refractivity contribution in [1.29, 1.82) is 0 Å². The minimum atomic E-state index is -0.512. The van der Waals surface area contributed by atoms with Gasteiger partial charge >= 0.3 is 0 Å². The van der Waals surface area contributed by atoms with E-state index >= 15 is 0 Å². The van der Waals surface area contributed by atoms with Crippen molar-refractivity contribution in [3.63, 3.8) is 0 Å². The minimum Gasteiger partial charge on any atom is -0.494 e. The third-order valence-corrected chi connectivity index (χ3v) is 5.17. The molecule has 1 unspecified atom stereocenters. The fraction of sp³-hybridized carbons (Fsp3) is 0.286. The van der Waals surface area contributed by atoms with E-state index in [0.717, 1.165) is 24.2 Å². The average molecular weight is 407 g/mol. The molecule has 1 fully saturated rings. The molecule has 0 saturated carbocycles. The summed E-state index contributed by atoms with van der Waals surface area (Å²) in [6.07, 6.45) is 4.41. The van der Waals surface area contributed by atoms with Gasteiger partial charge in [-0.05, 0) is 49.6 Å². The van der Waals surface area contributed by atoms with E-state index in [1.54, 1.807) is 11.0 Å². The maximum Gasteiger partial charge on any atom is 0.295 e. The molecule has 0 bridgehead atoms. The highest BCUT2D eigenvalue weighted by atomic mass is 16.6. The Morgan fingerprint density at radius 2 is 2.07 bits per heavy atom. The molecule has 0 N–H and O–H groups in total. The van der Waals surface area contributed by atoms with Crippen LogP contribution in [0.4, 0.5) is 5.69 Å². The summed E-state index contributed by atoms with van der Waals surface area (Å²) in [5.74, 6) is 0.566. The number of hydrogen-bond acceptors (Lipinski definition) is 6. The fourth-order valence-corrected chi connectivity index (χ4v) is 3.80. The fourth-order valence-electron chi connectivity index (χ4n) is 3.80. The Morgan fingerprint density at radius 1 is 1.27 bits per heavy atom. The molecule has 154 valence electrons. The molecule has 0 aliphatic carbocycles. The van der Waals surface area contributed by atoms with E-state index < -0.39 is 4.92 Å². The van der Waals surface area contributed by atoms with Gasteiger partial charge in [0.2, 0.25) is 0 Å². The van der Waals surface area contributed by atoms with Crippen molar-refractivity contribution in [3.8, 4) is 11.4 Å². The number of amides is 1. The predicted molar refractivity (Wildman–Crippen MR) is 109 cm³/mol. The largest absolute Gasteiger partial charge is 0.494 e. The van der Waals surface area contributed by atoms with E-state index in [4.69, 9.17) is 4.74 Å². The molecule has 0 spiro atoms. The topological polar surface area (TPSA) is 103 Å². The van der Waals surface area contributed by atoms with Crippen LogP contribution in [0.5, 0.6) is 5.75 Å². The van der Waals surface area contributed by atoms with Gasteiger partial charge in [-0.1, -0.05) is 12.1 Å². The van der Waals surface area contributed by atoms with Crippen LogP contribution in [0, 0.1) is 10.1 Å². The van der Waals surface area contributed by atoms with Crippen LogP contribution in [-0.4, -0.2) is 43.6 Å². The molecule has 30 heavy (non-hydrogen) atoms. The summed E-state index contributed by atoms with van der Waals surface area (Å²) < 4.78 is 6.80. The summed E-state index contributed by atoms with van der Waals surface area (Å²) in [4.78, 5) is 29.9. The third-order valence-electron chi connectivity index (χ3n) is 5.17. The first kappa shape index (κ1) is 19.6. The zero-order valence-corrected chi connectivity index (χ0v) is 16.5. The SMILES string of the molecule is CCOc1ccc(C2CCCN2C(=O)c2ccc(-n3cncn3)c([N+](=O)[O-])c2)cc1. The Morgan fingerprint density at radius 3 is 2.73 bits per heavy atom. The number of nitrogens with zero attached hydrogens (tertiary/aromatic N) is 5. The van der Waals surface area contributed by atoms with E-state index in [2.05, 4.69) is 10.1 Å². The second kappa shape index (κ2) is 8.32. The number of carbonyl (C=O) groups is 1. The van der Waals surface area contributed by atoms with E-state index in [9.17, 15) is 14.9 Å². The van der Waals surface area contributed by atoms with Crippen molar-refractivity contribution in [1.82, 2.24) is 19.7 Å². The van der Waals surface area contributed by atoms with Crippen molar-refractivity contribution in [2.45, 2.75) is 25.8 Å². The Labute approximate surface area is 173 Å². The van der Waals surface area contributed by atoms with Crippen molar-refractivity contribution >= 4 is 11.6 Å². The molecule has 1 atom stereocenters. The number of aromatic nitrogens is 3. The normalized spacial score (nSPS) is 15.9. The molecule has 1 aromatic heterocycles. The van der Waals surface area contributed by atoms with Gasteiger partial charge in [0.25, 0.3) is 11.6 Å². The van der Waals surface area contributed by atoms with Crippen molar-refractivity contribution in [2.24, 2.45) is 0 Å². The lowest BCUT2D eigenvalue weighted by Crippen LogP contribution is -2.30. The Hall–Kier alpha value is -3.75. The highest BCUT2D eigenvalue weighted by molar-refractivity contribution is 5.95. The van der Waals surface area contributed by atoms with E-state index in [1.165, 1.54) is 29.5 Å². The summed E-state index contributed by atoms with van der Waals surface area (Å²) >= 11 is 0. The molecular weight excluding hydrogens is 386 g/mol. The van der Waals surface area contributed by atoms with Crippen molar-refractivity contribution < 1.29 is 14.5 Å². The first-order valence-corrected chi connectivity index (χ1v) is 9.75. The van der Waals surface area contributed by atoms with Crippen LogP contribution >= 0.6 is 0 Å².